The molecule has 10 heavy (non-hydrogen) atoms. The van der Waals surface area contributed by atoms with E-state index in [-0.39, 0.29) is 29.6 Å². The zero-order valence-corrected chi connectivity index (χ0v) is 9.03. The van der Waals surface area contributed by atoms with E-state index >= 15 is 0 Å². The first kappa shape index (κ1) is 11.0. The van der Waals surface area contributed by atoms with E-state index in [1.807, 2.05) is 0 Å². The van der Waals surface area contributed by atoms with Gasteiger partial charge >= 0.3 is 29.6 Å². The normalized spacial score (nSPS) is 20.1. The first-order valence-electron chi connectivity index (χ1n) is 3.96. The van der Waals surface area contributed by atoms with Crippen LogP contribution < -0.4 is 34.9 Å². The van der Waals surface area contributed by atoms with Crippen molar-refractivity contribution in [2.45, 2.75) is 38.1 Å². The molecule has 0 aromatic heterocycles. The third-order valence-electron chi connectivity index (χ3n) is 2.04. The molecule has 1 aliphatic carbocycles. The predicted octanol–water partition coefficient (Wildman–Crippen LogP) is -1.25. The van der Waals surface area contributed by atoms with Gasteiger partial charge in [0.1, 0.15) is 0 Å². The molecule has 54 valence electrons. The molecule has 0 aromatic rings. The van der Waals surface area contributed by atoms with Crippen LogP contribution in [0.3, 0.4) is 0 Å². The fourth-order valence-electron chi connectivity index (χ4n) is 1.51. The largest absolute Gasteiger partial charge is 1.00 e. The summed E-state index contributed by atoms with van der Waals surface area (Å²) in [7, 11) is 0. The van der Waals surface area contributed by atoms with Crippen molar-refractivity contribution in [2.24, 2.45) is 0 Å². The Labute approximate surface area is 86.3 Å². The van der Waals surface area contributed by atoms with E-state index in [0.29, 0.717) is 0 Å². The van der Waals surface area contributed by atoms with Gasteiger partial charge in [0.2, 0.25) is 0 Å². The standard InChI is InChI=1S/C8H16N.Na/c1-2-9-8-6-4-3-5-7-8;/h8-9H,1-7H2;/q-1;+1. The third kappa shape index (κ3) is 3.97. The molecule has 0 unspecified atom stereocenters. The Morgan fingerprint density at radius 3 is 2.30 bits per heavy atom. The van der Waals surface area contributed by atoms with E-state index in [1.165, 1.54) is 32.1 Å². The van der Waals surface area contributed by atoms with Gasteiger partial charge in [-0.15, -0.1) is 6.54 Å². The molecule has 0 radical (unpaired) electrons. The number of nitrogens with one attached hydrogen (secondary N) is 1. The molecule has 1 rings (SSSR count). The second kappa shape index (κ2) is 6.66. The van der Waals surface area contributed by atoms with Gasteiger partial charge < -0.3 is 12.2 Å². The molecule has 0 amide bonds. The van der Waals surface area contributed by atoms with Gasteiger partial charge in [-0.3, -0.25) is 0 Å². The van der Waals surface area contributed by atoms with Crippen LogP contribution in [-0.2, 0) is 0 Å². The van der Waals surface area contributed by atoms with Crippen molar-refractivity contribution in [3.63, 3.8) is 0 Å². The Hall–Kier alpha value is 0.960. The summed E-state index contributed by atoms with van der Waals surface area (Å²) in [5.41, 5.74) is 0. The minimum absolute atomic E-state index is 0. The summed E-state index contributed by atoms with van der Waals surface area (Å²) < 4.78 is 0. The Balaban J connectivity index is 0.000000810. The maximum atomic E-state index is 3.77. The van der Waals surface area contributed by atoms with Crippen LogP contribution in [0.2, 0.25) is 0 Å². The minimum Gasteiger partial charge on any atom is -0.344 e. The number of hydrogen-bond acceptors (Lipinski definition) is 1. The van der Waals surface area contributed by atoms with Crippen LogP contribution in [0.15, 0.2) is 0 Å². The molecule has 0 spiro atoms. The summed E-state index contributed by atoms with van der Waals surface area (Å²) in [5, 5.41) is 3.37. The molecule has 0 atom stereocenters. The van der Waals surface area contributed by atoms with Crippen LogP contribution in [0, 0.1) is 6.92 Å². The molecule has 1 N–H and O–H groups in total. The molecule has 0 aliphatic heterocycles. The zero-order valence-electron chi connectivity index (χ0n) is 7.03. The van der Waals surface area contributed by atoms with E-state index in [9.17, 15) is 0 Å². The average molecular weight is 149 g/mol. The molecule has 1 fully saturated rings. The fourth-order valence-corrected chi connectivity index (χ4v) is 1.51. The summed E-state index contributed by atoms with van der Waals surface area (Å²) in [6.45, 7) is 4.66. The van der Waals surface area contributed by atoms with E-state index in [1.54, 1.807) is 0 Å². The van der Waals surface area contributed by atoms with Crippen molar-refractivity contribution in [3.05, 3.63) is 6.92 Å². The maximum absolute atomic E-state index is 3.77. The Kier molecular flexibility index (Phi) is 7.30. The van der Waals surface area contributed by atoms with Crippen LogP contribution >= 0.6 is 0 Å². The van der Waals surface area contributed by atoms with Crippen LogP contribution in [0.1, 0.15) is 32.1 Å². The monoisotopic (exact) mass is 149 g/mol. The summed E-state index contributed by atoms with van der Waals surface area (Å²) in [4.78, 5) is 0. The molecule has 1 saturated carbocycles. The van der Waals surface area contributed by atoms with Crippen LogP contribution in [0.25, 0.3) is 0 Å². The smallest absolute Gasteiger partial charge is 0.344 e. The summed E-state index contributed by atoms with van der Waals surface area (Å²) >= 11 is 0. The van der Waals surface area contributed by atoms with Crippen molar-refractivity contribution in [2.75, 3.05) is 6.54 Å². The molecular formula is C8H16NNa. The van der Waals surface area contributed by atoms with Crippen LogP contribution in [0.4, 0.5) is 0 Å². The van der Waals surface area contributed by atoms with Crippen molar-refractivity contribution in [3.8, 4) is 0 Å². The van der Waals surface area contributed by atoms with Gasteiger partial charge in [-0.2, -0.15) is 0 Å². The summed E-state index contributed by atoms with van der Waals surface area (Å²) in [6.07, 6.45) is 7.01. The van der Waals surface area contributed by atoms with Crippen molar-refractivity contribution < 1.29 is 29.6 Å². The quantitative estimate of drug-likeness (QED) is 0.382. The topological polar surface area (TPSA) is 12.0 Å². The van der Waals surface area contributed by atoms with Gasteiger partial charge in [0.05, 0.1) is 0 Å². The SMILES string of the molecule is [CH2-]CNC1CCCCC1.[Na+]. The van der Waals surface area contributed by atoms with E-state index in [4.69, 9.17) is 0 Å². The Morgan fingerprint density at radius 2 is 1.80 bits per heavy atom. The van der Waals surface area contributed by atoms with Crippen molar-refractivity contribution in [1.29, 1.82) is 0 Å². The molecule has 1 aliphatic rings. The van der Waals surface area contributed by atoms with Crippen LogP contribution in [-0.4, -0.2) is 12.6 Å². The van der Waals surface area contributed by atoms with Gasteiger partial charge in [-0.1, -0.05) is 19.3 Å². The molecule has 0 heterocycles. The van der Waals surface area contributed by atoms with Crippen LogP contribution in [0.5, 0.6) is 0 Å². The second-order valence-electron chi connectivity index (χ2n) is 2.79. The van der Waals surface area contributed by atoms with Gasteiger partial charge in [0.25, 0.3) is 0 Å². The fraction of sp³-hybridized carbons (Fsp3) is 0.875. The molecule has 0 aromatic carbocycles. The van der Waals surface area contributed by atoms with E-state index in [0.717, 1.165) is 12.6 Å². The Morgan fingerprint density at radius 1 is 1.20 bits per heavy atom. The van der Waals surface area contributed by atoms with Crippen molar-refractivity contribution >= 4 is 0 Å². The maximum Gasteiger partial charge on any atom is 1.00 e. The molecule has 1 nitrogen and oxygen atoms in total. The van der Waals surface area contributed by atoms with Crippen molar-refractivity contribution in [1.82, 2.24) is 5.32 Å². The first-order valence-corrected chi connectivity index (χ1v) is 3.96. The summed E-state index contributed by atoms with van der Waals surface area (Å²) in [6, 6.07) is 0.788. The Bertz CT molecular complexity index is 66.9. The third-order valence-corrected chi connectivity index (χ3v) is 2.04. The second-order valence-corrected chi connectivity index (χ2v) is 2.79. The first-order chi connectivity index (χ1) is 4.43. The molecular weight excluding hydrogens is 133 g/mol. The number of rotatable bonds is 2. The average Bonchev–Trinajstić information content (AvgIpc) is 1.91. The van der Waals surface area contributed by atoms with E-state index in [2.05, 4.69) is 12.2 Å². The molecule has 2 heteroatoms. The number of hydrogen-bond donors (Lipinski definition) is 1. The minimum atomic E-state index is 0. The molecule has 0 bridgehead atoms. The van der Waals surface area contributed by atoms with Gasteiger partial charge in [-0.25, -0.2) is 0 Å². The van der Waals surface area contributed by atoms with E-state index < -0.39 is 0 Å². The summed E-state index contributed by atoms with van der Waals surface area (Å²) in [5.74, 6) is 0. The predicted molar refractivity (Wildman–Crippen MR) is 40.2 cm³/mol. The van der Waals surface area contributed by atoms with Gasteiger partial charge in [0, 0.05) is 6.04 Å². The zero-order chi connectivity index (χ0) is 6.53. The van der Waals surface area contributed by atoms with Gasteiger partial charge in [-0.05, 0) is 12.8 Å². The van der Waals surface area contributed by atoms with Gasteiger partial charge in [0.15, 0.2) is 0 Å². The molecule has 0 saturated heterocycles.